The van der Waals surface area contributed by atoms with Crippen LogP contribution in [0.2, 0.25) is 0 Å². The highest BCUT2D eigenvalue weighted by molar-refractivity contribution is 9.10. The lowest BCUT2D eigenvalue weighted by Crippen LogP contribution is -2.33. The van der Waals surface area contributed by atoms with Crippen LogP contribution in [0.15, 0.2) is 57.8 Å². The third kappa shape index (κ3) is 3.54. The first kappa shape index (κ1) is 16.4. The van der Waals surface area contributed by atoms with Gasteiger partial charge < -0.3 is 5.32 Å². The number of rotatable bonds is 4. The van der Waals surface area contributed by atoms with Gasteiger partial charge in [-0.1, -0.05) is 46.3 Å². The summed E-state index contributed by atoms with van der Waals surface area (Å²) in [5.41, 5.74) is 1.45. The first-order chi connectivity index (χ1) is 11.5. The van der Waals surface area contributed by atoms with Crippen LogP contribution >= 0.6 is 15.9 Å². The first-order valence-corrected chi connectivity index (χ1v) is 8.31. The molecule has 0 bridgehead atoms. The Kier molecular flexibility index (Phi) is 4.76. The van der Waals surface area contributed by atoms with Gasteiger partial charge in [0.1, 0.15) is 6.54 Å². The quantitative estimate of drug-likeness (QED) is 0.750. The van der Waals surface area contributed by atoms with Gasteiger partial charge in [-0.15, -0.1) is 0 Å². The zero-order valence-corrected chi connectivity index (χ0v) is 14.7. The van der Waals surface area contributed by atoms with E-state index in [0.29, 0.717) is 11.9 Å². The molecule has 6 heteroatoms. The van der Waals surface area contributed by atoms with Gasteiger partial charge in [0.2, 0.25) is 5.91 Å². The molecule has 0 aliphatic carbocycles. The zero-order valence-electron chi connectivity index (χ0n) is 13.1. The number of nitrogens with one attached hydrogen (secondary N) is 1. The number of hydrogen-bond acceptors (Lipinski definition) is 3. The van der Waals surface area contributed by atoms with Gasteiger partial charge >= 0.3 is 0 Å². The topological polar surface area (TPSA) is 64.0 Å². The van der Waals surface area contributed by atoms with Gasteiger partial charge in [0, 0.05) is 16.4 Å². The average Bonchev–Trinajstić information content (AvgIpc) is 2.58. The van der Waals surface area contributed by atoms with Crippen LogP contribution in [0.5, 0.6) is 0 Å². The summed E-state index contributed by atoms with van der Waals surface area (Å²) in [5, 5.41) is 8.44. The Bertz CT molecular complexity index is 966. The SMILES string of the molecule is Cc1nn(CC(=O)NCc2cccc(Br)c2)c(=O)c2ccccc12. The summed E-state index contributed by atoms with van der Waals surface area (Å²) >= 11 is 3.40. The van der Waals surface area contributed by atoms with Gasteiger partial charge in [-0.25, -0.2) is 4.68 Å². The number of hydrogen-bond donors (Lipinski definition) is 1. The molecule has 0 radical (unpaired) electrons. The molecule has 0 aliphatic heterocycles. The number of benzene rings is 2. The first-order valence-electron chi connectivity index (χ1n) is 7.52. The Morgan fingerprint density at radius 3 is 2.67 bits per heavy atom. The van der Waals surface area contributed by atoms with Gasteiger partial charge in [-0.2, -0.15) is 5.10 Å². The van der Waals surface area contributed by atoms with E-state index in [9.17, 15) is 9.59 Å². The van der Waals surface area contributed by atoms with Crippen molar-refractivity contribution in [3.05, 3.63) is 74.6 Å². The average molecular weight is 386 g/mol. The molecular weight excluding hydrogens is 370 g/mol. The van der Waals surface area contributed by atoms with E-state index in [4.69, 9.17) is 0 Å². The molecule has 3 rings (SSSR count). The number of carbonyl (C=O) groups is 1. The number of nitrogens with zero attached hydrogens (tertiary/aromatic N) is 2. The Labute approximate surface area is 147 Å². The second-order valence-corrected chi connectivity index (χ2v) is 6.42. The predicted molar refractivity (Wildman–Crippen MR) is 96.7 cm³/mol. The van der Waals surface area contributed by atoms with E-state index in [-0.39, 0.29) is 18.0 Å². The van der Waals surface area contributed by atoms with Crippen LogP contribution in [0.3, 0.4) is 0 Å². The van der Waals surface area contributed by atoms with Crippen molar-refractivity contribution in [3.63, 3.8) is 0 Å². The van der Waals surface area contributed by atoms with Crippen molar-refractivity contribution in [2.75, 3.05) is 0 Å². The molecule has 2 aromatic carbocycles. The highest BCUT2D eigenvalue weighted by atomic mass is 79.9. The fourth-order valence-corrected chi connectivity index (χ4v) is 3.00. The summed E-state index contributed by atoms with van der Waals surface area (Å²) in [5.74, 6) is -0.251. The van der Waals surface area contributed by atoms with E-state index in [1.165, 1.54) is 4.68 Å². The maximum Gasteiger partial charge on any atom is 0.275 e. The zero-order chi connectivity index (χ0) is 17.1. The highest BCUT2D eigenvalue weighted by Gasteiger charge is 2.10. The van der Waals surface area contributed by atoms with Gasteiger partial charge in [0.05, 0.1) is 11.1 Å². The summed E-state index contributed by atoms with van der Waals surface area (Å²) in [7, 11) is 0. The van der Waals surface area contributed by atoms with Gasteiger partial charge in [-0.3, -0.25) is 9.59 Å². The largest absolute Gasteiger partial charge is 0.350 e. The molecular formula is C18H16BrN3O2. The maximum atomic E-state index is 12.4. The Hall–Kier alpha value is -2.47. The third-order valence-corrected chi connectivity index (χ3v) is 4.22. The second-order valence-electron chi connectivity index (χ2n) is 5.50. The Morgan fingerprint density at radius 2 is 1.92 bits per heavy atom. The van der Waals surface area contributed by atoms with Gasteiger partial charge in [0.25, 0.3) is 5.56 Å². The number of fused-ring (bicyclic) bond motifs is 1. The smallest absolute Gasteiger partial charge is 0.275 e. The summed E-state index contributed by atoms with van der Waals surface area (Å²) in [6, 6.07) is 15.0. The van der Waals surface area contributed by atoms with Gasteiger partial charge in [0.15, 0.2) is 0 Å². The Balaban J connectivity index is 1.76. The lowest BCUT2D eigenvalue weighted by atomic mass is 10.1. The lowest BCUT2D eigenvalue weighted by Gasteiger charge is -2.09. The minimum atomic E-state index is -0.256. The molecule has 5 nitrogen and oxygen atoms in total. The van der Waals surface area contributed by atoms with Crippen LogP contribution in [0.1, 0.15) is 11.3 Å². The molecule has 0 saturated carbocycles. The standard InChI is InChI=1S/C18H16BrN3O2/c1-12-15-7-2-3-8-16(15)18(24)22(21-12)11-17(23)20-10-13-5-4-6-14(19)9-13/h2-9H,10-11H2,1H3,(H,20,23). The number of aryl methyl sites for hydroxylation is 1. The van der Waals surface area contributed by atoms with E-state index >= 15 is 0 Å². The molecule has 0 aliphatic rings. The summed E-state index contributed by atoms with van der Waals surface area (Å²) in [4.78, 5) is 24.6. The molecule has 1 aromatic heterocycles. The fourth-order valence-electron chi connectivity index (χ4n) is 2.55. The molecule has 0 spiro atoms. The van der Waals surface area contributed by atoms with Crippen LogP contribution < -0.4 is 10.9 Å². The van der Waals surface area contributed by atoms with Crippen molar-refractivity contribution in [1.29, 1.82) is 0 Å². The lowest BCUT2D eigenvalue weighted by molar-refractivity contribution is -0.122. The molecule has 3 aromatic rings. The van der Waals surface area contributed by atoms with Crippen molar-refractivity contribution < 1.29 is 4.79 Å². The molecule has 0 atom stereocenters. The van der Waals surface area contributed by atoms with Crippen molar-refractivity contribution >= 4 is 32.6 Å². The monoisotopic (exact) mass is 385 g/mol. The number of halogens is 1. The van der Waals surface area contributed by atoms with Crippen LogP contribution in [0, 0.1) is 6.92 Å². The second kappa shape index (κ2) is 6.97. The minimum Gasteiger partial charge on any atom is -0.350 e. The van der Waals surface area contributed by atoms with E-state index < -0.39 is 0 Å². The Morgan fingerprint density at radius 1 is 1.17 bits per heavy atom. The minimum absolute atomic E-state index is 0.0987. The molecule has 0 saturated heterocycles. The van der Waals surface area contributed by atoms with E-state index in [2.05, 4.69) is 26.3 Å². The fraction of sp³-hybridized carbons (Fsp3) is 0.167. The molecule has 0 fully saturated rings. The van der Waals surface area contributed by atoms with E-state index in [1.54, 1.807) is 12.1 Å². The summed E-state index contributed by atoms with van der Waals surface area (Å²) in [6.45, 7) is 2.13. The molecule has 0 unspecified atom stereocenters. The number of carbonyl (C=O) groups excluding carboxylic acids is 1. The molecule has 24 heavy (non-hydrogen) atoms. The normalized spacial score (nSPS) is 10.8. The molecule has 1 amide bonds. The van der Waals surface area contributed by atoms with Crippen molar-refractivity contribution in [2.24, 2.45) is 0 Å². The van der Waals surface area contributed by atoms with Crippen molar-refractivity contribution in [3.8, 4) is 0 Å². The van der Waals surface area contributed by atoms with E-state index in [1.807, 2.05) is 43.3 Å². The highest BCUT2D eigenvalue weighted by Crippen LogP contribution is 2.12. The van der Waals surface area contributed by atoms with Crippen LogP contribution in [0.4, 0.5) is 0 Å². The number of amides is 1. The maximum absolute atomic E-state index is 12.4. The molecule has 1 N–H and O–H groups in total. The van der Waals surface area contributed by atoms with Crippen LogP contribution in [-0.2, 0) is 17.9 Å². The summed E-state index contributed by atoms with van der Waals surface area (Å²) in [6.07, 6.45) is 0. The van der Waals surface area contributed by atoms with Crippen molar-refractivity contribution in [1.82, 2.24) is 15.1 Å². The van der Waals surface area contributed by atoms with Crippen LogP contribution in [-0.4, -0.2) is 15.7 Å². The third-order valence-electron chi connectivity index (χ3n) is 3.72. The van der Waals surface area contributed by atoms with Crippen LogP contribution in [0.25, 0.3) is 10.8 Å². The van der Waals surface area contributed by atoms with E-state index in [0.717, 1.165) is 21.1 Å². The summed E-state index contributed by atoms with van der Waals surface area (Å²) < 4.78 is 2.17. The predicted octanol–water partition coefficient (Wildman–Crippen LogP) is 2.78. The molecule has 122 valence electrons. The van der Waals surface area contributed by atoms with Gasteiger partial charge in [-0.05, 0) is 30.7 Å². The van der Waals surface area contributed by atoms with Crippen molar-refractivity contribution in [2.45, 2.75) is 20.0 Å². The number of aromatic nitrogens is 2. The molecule has 1 heterocycles.